The number of halogens is 1. The Kier molecular flexibility index (Phi) is 5.65. The lowest BCUT2D eigenvalue weighted by molar-refractivity contribution is -0.128. The van der Waals surface area contributed by atoms with Crippen molar-refractivity contribution in [3.63, 3.8) is 0 Å². The van der Waals surface area contributed by atoms with Gasteiger partial charge in [0, 0.05) is 37.6 Å². The fourth-order valence-electron chi connectivity index (χ4n) is 1.51. The molecule has 3 nitrogen and oxygen atoms in total. The molecule has 1 aromatic carbocycles. The Morgan fingerprint density at radius 2 is 2.18 bits per heavy atom. The van der Waals surface area contributed by atoms with E-state index in [1.54, 1.807) is 19.0 Å². The fourth-order valence-corrected chi connectivity index (χ4v) is 1.93. The molecule has 17 heavy (non-hydrogen) atoms. The molecular formula is C13H19BrN2O. The van der Waals surface area contributed by atoms with E-state index in [9.17, 15) is 4.79 Å². The molecule has 0 fully saturated rings. The first-order valence-electron chi connectivity index (χ1n) is 5.69. The normalized spacial score (nSPS) is 12.2. The molecule has 0 saturated heterocycles. The summed E-state index contributed by atoms with van der Waals surface area (Å²) in [7, 11) is 3.56. The first kappa shape index (κ1) is 14.2. The molecule has 0 spiro atoms. The summed E-state index contributed by atoms with van der Waals surface area (Å²) in [5, 5.41) is 3.34. The molecule has 0 saturated carbocycles. The molecule has 0 unspecified atom stereocenters. The molecule has 0 aliphatic carbocycles. The summed E-state index contributed by atoms with van der Waals surface area (Å²) in [5.74, 6) is 0.152. The van der Waals surface area contributed by atoms with Crippen LogP contribution in [0.3, 0.4) is 0 Å². The van der Waals surface area contributed by atoms with E-state index in [4.69, 9.17) is 0 Å². The number of hydrogen-bond donors (Lipinski definition) is 1. The highest BCUT2D eigenvalue weighted by atomic mass is 79.9. The highest BCUT2D eigenvalue weighted by molar-refractivity contribution is 9.10. The summed E-state index contributed by atoms with van der Waals surface area (Å²) >= 11 is 3.45. The lowest BCUT2D eigenvalue weighted by atomic mass is 10.1. The SMILES string of the molecule is C[C@@H](NCCC(=O)N(C)C)c1cccc(Br)c1. The van der Waals surface area contributed by atoms with Crippen LogP contribution < -0.4 is 5.32 Å². The highest BCUT2D eigenvalue weighted by Crippen LogP contribution is 2.17. The minimum Gasteiger partial charge on any atom is -0.349 e. The second-order valence-electron chi connectivity index (χ2n) is 4.27. The van der Waals surface area contributed by atoms with E-state index < -0.39 is 0 Å². The molecule has 0 bridgehead atoms. The van der Waals surface area contributed by atoms with Gasteiger partial charge in [-0.15, -0.1) is 0 Å². The van der Waals surface area contributed by atoms with E-state index in [-0.39, 0.29) is 11.9 Å². The maximum absolute atomic E-state index is 11.4. The minimum atomic E-state index is 0.152. The van der Waals surface area contributed by atoms with Crippen LogP contribution in [0.1, 0.15) is 24.9 Å². The average molecular weight is 299 g/mol. The topological polar surface area (TPSA) is 32.3 Å². The summed E-state index contributed by atoms with van der Waals surface area (Å²) in [6.07, 6.45) is 0.533. The number of carbonyl (C=O) groups is 1. The van der Waals surface area contributed by atoms with Crippen molar-refractivity contribution in [3.05, 3.63) is 34.3 Å². The second-order valence-corrected chi connectivity index (χ2v) is 5.18. The smallest absolute Gasteiger partial charge is 0.223 e. The van der Waals surface area contributed by atoms with E-state index in [1.165, 1.54) is 5.56 Å². The van der Waals surface area contributed by atoms with Crippen molar-refractivity contribution in [2.45, 2.75) is 19.4 Å². The molecule has 0 aromatic heterocycles. The average Bonchev–Trinajstić information content (AvgIpc) is 2.28. The van der Waals surface area contributed by atoms with Crippen molar-refractivity contribution in [2.24, 2.45) is 0 Å². The van der Waals surface area contributed by atoms with Gasteiger partial charge in [-0.25, -0.2) is 0 Å². The van der Waals surface area contributed by atoms with Gasteiger partial charge in [0.25, 0.3) is 0 Å². The molecule has 0 radical (unpaired) electrons. The van der Waals surface area contributed by atoms with Crippen LogP contribution in [-0.4, -0.2) is 31.4 Å². The third-order valence-electron chi connectivity index (χ3n) is 2.64. The summed E-state index contributed by atoms with van der Waals surface area (Å²) in [6, 6.07) is 8.44. The van der Waals surface area contributed by atoms with E-state index in [0.717, 1.165) is 4.47 Å². The molecule has 0 aliphatic heterocycles. The number of carbonyl (C=O) groups excluding carboxylic acids is 1. The van der Waals surface area contributed by atoms with Gasteiger partial charge in [-0.05, 0) is 24.6 Å². The Morgan fingerprint density at radius 3 is 2.76 bits per heavy atom. The largest absolute Gasteiger partial charge is 0.349 e. The van der Waals surface area contributed by atoms with Crippen LogP contribution in [0.5, 0.6) is 0 Å². The van der Waals surface area contributed by atoms with Crippen LogP contribution >= 0.6 is 15.9 Å². The molecule has 0 heterocycles. The lowest BCUT2D eigenvalue weighted by Crippen LogP contribution is -2.28. The monoisotopic (exact) mass is 298 g/mol. The van der Waals surface area contributed by atoms with Crippen LogP contribution in [0.15, 0.2) is 28.7 Å². The Balaban J connectivity index is 2.40. The number of benzene rings is 1. The van der Waals surface area contributed by atoms with Crippen molar-refractivity contribution >= 4 is 21.8 Å². The molecule has 1 atom stereocenters. The Bertz CT molecular complexity index is 379. The summed E-state index contributed by atoms with van der Waals surface area (Å²) < 4.78 is 1.08. The third kappa shape index (κ3) is 4.88. The molecule has 94 valence electrons. The van der Waals surface area contributed by atoms with Gasteiger partial charge in [-0.3, -0.25) is 4.79 Å². The molecule has 1 rings (SSSR count). The number of nitrogens with one attached hydrogen (secondary N) is 1. The predicted octanol–water partition coefficient (Wildman–Crippen LogP) is 2.58. The molecule has 1 amide bonds. The highest BCUT2D eigenvalue weighted by Gasteiger charge is 2.07. The van der Waals surface area contributed by atoms with Gasteiger partial charge in [-0.2, -0.15) is 0 Å². The third-order valence-corrected chi connectivity index (χ3v) is 3.13. The quantitative estimate of drug-likeness (QED) is 0.906. The number of amides is 1. The van der Waals surface area contributed by atoms with Crippen LogP contribution in [-0.2, 0) is 4.79 Å². The van der Waals surface area contributed by atoms with Crippen molar-refractivity contribution in [3.8, 4) is 0 Å². The van der Waals surface area contributed by atoms with Gasteiger partial charge in [0.1, 0.15) is 0 Å². The number of nitrogens with zero attached hydrogens (tertiary/aromatic N) is 1. The van der Waals surface area contributed by atoms with E-state index >= 15 is 0 Å². The van der Waals surface area contributed by atoms with Crippen LogP contribution in [0, 0.1) is 0 Å². The van der Waals surface area contributed by atoms with Gasteiger partial charge in [0.15, 0.2) is 0 Å². The zero-order valence-electron chi connectivity index (χ0n) is 10.5. The first-order valence-corrected chi connectivity index (χ1v) is 6.49. The molecule has 0 aliphatic rings. The van der Waals surface area contributed by atoms with Gasteiger partial charge >= 0.3 is 0 Å². The summed E-state index contributed by atoms with van der Waals surface area (Å²) in [4.78, 5) is 13.0. The molecule has 1 aromatic rings. The molecule has 4 heteroatoms. The van der Waals surface area contributed by atoms with Crippen LogP contribution in [0.25, 0.3) is 0 Å². The van der Waals surface area contributed by atoms with Crippen molar-refractivity contribution in [1.82, 2.24) is 10.2 Å². The van der Waals surface area contributed by atoms with Gasteiger partial charge in [0.05, 0.1) is 0 Å². The van der Waals surface area contributed by atoms with Crippen LogP contribution in [0.2, 0.25) is 0 Å². The predicted molar refractivity (Wildman–Crippen MR) is 73.9 cm³/mol. The summed E-state index contributed by atoms with van der Waals surface area (Å²) in [5.41, 5.74) is 1.22. The first-order chi connectivity index (χ1) is 8.00. The van der Waals surface area contributed by atoms with Gasteiger partial charge < -0.3 is 10.2 Å². The summed E-state index contributed by atoms with van der Waals surface area (Å²) in [6.45, 7) is 2.80. The molecular weight excluding hydrogens is 280 g/mol. The van der Waals surface area contributed by atoms with Crippen molar-refractivity contribution in [2.75, 3.05) is 20.6 Å². The van der Waals surface area contributed by atoms with E-state index in [2.05, 4.69) is 40.3 Å². The van der Waals surface area contributed by atoms with E-state index in [0.29, 0.717) is 13.0 Å². The number of rotatable bonds is 5. The second kappa shape index (κ2) is 6.77. The Labute approximate surface area is 111 Å². The fraction of sp³-hybridized carbons (Fsp3) is 0.462. The lowest BCUT2D eigenvalue weighted by Gasteiger charge is -2.15. The minimum absolute atomic E-state index is 0.152. The Hall–Kier alpha value is -0.870. The molecule has 1 N–H and O–H groups in total. The van der Waals surface area contributed by atoms with Gasteiger partial charge in [0.2, 0.25) is 5.91 Å². The van der Waals surface area contributed by atoms with Crippen LogP contribution in [0.4, 0.5) is 0 Å². The maximum atomic E-state index is 11.4. The maximum Gasteiger partial charge on any atom is 0.223 e. The van der Waals surface area contributed by atoms with E-state index in [1.807, 2.05) is 12.1 Å². The van der Waals surface area contributed by atoms with Crippen molar-refractivity contribution < 1.29 is 4.79 Å². The standard InChI is InChI=1S/C13H19BrN2O/c1-10(11-5-4-6-12(14)9-11)15-8-7-13(17)16(2)3/h4-6,9-10,15H,7-8H2,1-3H3/t10-/m1/s1. The van der Waals surface area contributed by atoms with Gasteiger partial charge in [-0.1, -0.05) is 28.1 Å². The Morgan fingerprint density at radius 1 is 1.47 bits per heavy atom. The number of hydrogen-bond acceptors (Lipinski definition) is 2. The zero-order valence-corrected chi connectivity index (χ0v) is 12.1. The van der Waals surface area contributed by atoms with Crippen molar-refractivity contribution in [1.29, 1.82) is 0 Å². The zero-order chi connectivity index (χ0) is 12.8.